The minimum absolute atomic E-state index is 0.101. The highest BCUT2D eigenvalue weighted by Gasteiger charge is 2.15. The van der Waals surface area contributed by atoms with E-state index in [1.54, 1.807) is 32.4 Å². The normalized spacial score (nSPS) is 10.2. The second-order valence-electron chi connectivity index (χ2n) is 5.01. The Bertz CT molecular complexity index is 773. The molecule has 0 aliphatic rings. The third-order valence-electron chi connectivity index (χ3n) is 3.08. The van der Waals surface area contributed by atoms with Crippen molar-refractivity contribution < 1.29 is 14.3 Å². The topological polar surface area (TPSA) is 97.3 Å². The van der Waals surface area contributed by atoms with E-state index in [2.05, 4.69) is 20.3 Å². The first-order valence-electron chi connectivity index (χ1n) is 7.12. The molecule has 0 radical (unpaired) electrons. The minimum atomic E-state index is -0.601. The number of nitrogens with one attached hydrogen (secondary N) is 1. The van der Waals surface area contributed by atoms with E-state index in [4.69, 9.17) is 27.9 Å². The van der Waals surface area contributed by atoms with Crippen molar-refractivity contribution in [2.24, 2.45) is 0 Å². The summed E-state index contributed by atoms with van der Waals surface area (Å²) < 4.78 is 4.92. The molecule has 0 spiro atoms. The van der Waals surface area contributed by atoms with Crippen LogP contribution < -0.4 is 10.2 Å². The number of likely N-dealkylation sites (N-methyl/N-ethyl adjacent to an activating group) is 1. The maximum atomic E-state index is 11.9. The van der Waals surface area contributed by atoms with Crippen molar-refractivity contribution in [2.45, 2.75) is 6.92 Å². The summed E-state index contributed by atoms with van der Waals surface area (Å²) in [6, 6.07) is 1.66. The number of pyridine rings is 1. The van der Waals surface area contributed by atoms with E-state index in [-0.39, 0.29) is 17.4 Å². The van der Waals surface area contributed by atoms with Gasteiger partial charge in [0.1, 0.15) is 6.54 Å². The van der Waals surface area contributed by atoms with Gasteiger partial charge in [0.25, 0.3) is 5.91 Å². The molecular formula is C15H15Cl2N5O3. The number of carbonyl (C=O) groups is 2. The molecule has 0 fully saturated rings. The van der Waals surface area contributed by atoms with Crippen LogP contribution >= 0.6 is 23.2 Å². The molecule has 0 aliphatic heterocycles. The average Bonchev–Trinajstić information content (AvgIpc) is 2.61. The van der Waals surface area contributed by atoms with Gasteiger partial charge in [0.2, 0.25) is 5.95 Å². The molecule has 1 amide bonds. The van der Waals surface area contributed by atoms with Crippen LogP contribution in [0, 0.1) is 6.92 Å². The molecule has 8 nitrogen and oxygen atoms in total. The number of esters is 1. The molecule has 2 heterocycles. The summed E-state index contributed by atoms with van der Waals surface area (Å²) in [4.78, 5) is 37.1. The van der Waals surface area contributed by atoms with Gasteiger partial charge in [-0.25, -0.2) is 15.0 Å². The zero-order valence-corrected chi connectivity index (χ0v) is 15.0. The summed E-state index contributed by atoms with van der Waals surface area (Å²) in [5, 5.41) is 3.08. The summed E-state index contributed by atoms with van der Waals surface area (Å²) >= 11 is 11.9. The number of hydrogen-bond acceptors (Lipinski definition) is 7. The van der Waals surface area contributed by atoms with E-state index in [0.29, 0.717) is 16.5 Å². The van der Waals surface area contributed by atoms with Gasteiger partial charge in [-0.1, -0.05) is 23.2 Å². The van der Waals surface area contributed by atoms with Gasteiger partial charge in [-0.2, -0.15) is 0 Å². The molecule has 10 heteroatoms. The first kappa shape index (κ1) is 18.9. The Morgan fingerprint density at radius 2 is 1.92 bits per heavy atom. The van der Waals surface area contributed by atoms with E-state index in [9.17, 15) is 9.59 Å². The largest absolute Gasteiger partial charge is 0.454 e. The lowest BCUT2D eigenvalue weighted by Gasteiger charge is -2.15. The van der Waals surface area contributed by atoms with Crippen LogP contribution in [0.15, 0.2) is 24.7 Å². The average molecular weight is 384 g/mol. The van der Waals surface area contributed by atoms with Gasteiger partial charge in [0, 0.05) is 25.6 Å². The smallest absolute Gasteiger partial charge is 0.326 e. The summed E-state index contributed by atoms with van der Waals surface area (Å²) in [6.07, 6.45) is 4.49. The van der Waals surface area contributed by atoms with E-state index in [1.807, 2.05) is 0 Å². The zero-order valence-electron chi connectivity index (χ0n) is 13.5. The van der Waals surface area contributed by atoms with Gasteiger partial charge in [-0.15, -0.1) is 0 Å². The number of anilines is 2. The monoisotopic (exact) mass is 383 g/mol. The van der Waals surface area contributed by atoms with Crippen LogP contribution in [0.2, 0.25) is 10.0 Å². The maximum absolute atomic E-state index is 11.9. The number of ether oxygens (including phenoxy) is 1. The molecule has 2 aromatic rings. The second-order valence-corrected chi connectivity index (χ2v) is 5.79. The fourth-order valence-electron chi connectivity index (χ4n) is 1.76. The summed E-state index contributed by atoms with van der Waals surface area (Å²) in [5.41, 5.74) is 0.593. The summed E-state index contributed by atoms with van der Waals surface area (Å²) in [6.45, 7) is 1.13. The number of carbonyl (C=O) groups excluding carboxylic acids is 2. The Kier molecular flexibility index (Phi) is 6.49. The summed E-state index contributed by atoms with van der Waals surface area (Å²) in [5.74, 6) is -0.643. The number of amides is 1. The Hall–Kier alpha value is -2.45. The molecule has 25 heavy (non-hydrogen) atoms. The Morgan fingerprint density at radius 1 is 1.24 bits per heavy atom. The van der Waals surface area contributed by atoms with E-state index in [1.165, 1.54) is 11.1 Å². The van der Waals surface area contributed by atoms with Crippen LogP contribution in [0.4, 0.5) is 11.8 Å². The fraction of sp³-hybridized carbons (Fsp3) is 0.267. The van der Waals surface area contributed by atoms with Crippen LogP contribution in [0.3, 0.4) is 0 Å². The fourth-order valence-corrected chi connectivity index (χ4v) is 2.15. The first-order valence-corrected chi connectivity index (χ1v) is 7.88. The molecule has 0 saturated carbocycles. The van der Waals surface area contributed by atoms with E-state index < -0.39 is 18.5 Å². The zero-order chi connectivity index (χ0) is 18.4. The van der Waals surface area contributed by atoms with Crippen LogP contribution in [0.5, 0.6) is 0 Å². The van der Waals surface area contributed by atoms with Gasteiger partial charge >= 0.3 is 5.97 Å². The Labute approximate surface area is 154 Å². The number of nitrogens with zero attached hydrogens (tertiary/aromatic N) is 4. The Balaban J connectivity index is 1.84. The van der Waals surface area contributed by atoms with Gasteiger partial charge < -0.3 is 15.0 Å². The van der Waals surface area contributed by atoms with Gasteiger partial charge in [0.05, 0.1) is 10.0 Å². The van der Waals surface area contributed by atoms with Gasteiger partial charge in [0.15, 0.2) is 12.4 Å². The lowest BCUT2D eigenvalue weighted by molar-refractivity contribution is -0.145. The highest BCUT2D eigenvalue weighted by molar-refractivity contribution is 6.37. The molecule has 0 bridgehead atoms. The van der Waals surface area contributed by atoms with Crippen molar-refractivity contribution in [3.8, 4) is 0 Å². The maximum Gasteiger partial charge on any atom is 0.326 e. The van der Waals surface area contributed by atoms with Crippen molar-refractivity contribution in [1.82, 2.24) is 15.0 Å². The van der Waals surface area contributed by atoms with Crippen molar-refractivity contribution in [1.29, 1.82) is 0 Å². The molecule has 2 rings (SSSR count). The standard InChI is InChI=1S/C15H15Cl2N5O3/c1-9-10(16)6-20-14(13(9)17)21-11(23)8-25-12(24)7-22(2)15-18-4-3-5-19-15/h3-6H,7-8H2,1-2H3,(H,20,21,23). The molecule has 0 unspecified atom stereocenters. The van der Waals surface area contributed by atoms with Gasteiger partial charge in [-0.3, -0.25) is 9.59 Å². The van der Waals surface area contributed by atoms with Crippen molar-refractivity contribution in [3.63, 3.8) is 0 Å². The quantitative estimate of drug-likeness (QED) is 0.762. The van der Waals surface area contributed by atoms with E-state index in [0.717, 1.165) is 0 Å². The minimum Gasteiger partial charge on any atom is -0.454 e. The first-order chi connectivity index (χ1) is 11.9. The molecular weight excluding hydrogens is 369 g/mol. The lowest BCUT2D eigenvalue weighted by atomic mass is 10.3. The number of rotatable bonds is 6. The number of hydrogen-bond donors (Lipinski definition) is 1. The van der Waals surface area contributed by atoms with Crippen molar-refractivity contribution in [3.05, 3.63) is 40.3 Å². The van der Waals surface area contributed by atoms with E-state index >= 15 is 0 Å². The highest BCUT2D eigenvalue weighted by Crippen LogP contribution is 2.28. The lowest BCUT2D eigenvalue weighted by Crippen LogP contribution is -2.30. The van der Waals surface area contributed by atoms with Crippen LogP contribution in [0.1, 0.15) is 5.56 Å². The third kappa shape index (κ3) is 5.27. The Morgan fingerprint density at radius 3 is 2.60 bits per heavy atom. The van der Waals surface area contributed by atoms with Crippen molar-refractivity contribution >= 4 is 46.8 Å². The third-order valence-corrected chi connectivity index (χ3v) is 3.93. The van der Waals surface area contributed by atoms with Crippen molar-refractivity contribution in [2.75, 3.05) is 30.4 Å². The molecule has 0 aromatic carbocycles. The number of halogens is 2. The summed E-state index contributed by atoms with van der Waals surface area (Å²) in [7, 11) is 1.64. The predicted octanol–water partition coefficient (Wildman–Crippen LogP) is 2.10. The van der Waals surface area contributed by atoms with Crippen LogP contribution in [-0.4, -0.2) is 47.0 Å². The van der Waals surface area contributed by atoms with Crippen LogP contribution in [-0.2, 0) is 14.3 Å². The predicted molar refractivity (Wildman–Crippen MR) is 93.9 cm³/mol. The molecule has 0 saturated heterocycles. The second kappa shape index (κ2) is 8.59. The molecule has 2 aromatic heterocycles. The SMILES string of the molecule is Cc1c(Cl)cnc(NC(=O)COC(=O)CN(C)c2ncccn2)c1Cl. The van der Waals surface area contributed by atoms with Gasteiger partial charge in [-0.05, 0) is 18.6 Å². The molecule has 0 aliphatic carbocycles. The molecule has 132 valence electrons. The molecule has 0 atom stereocenters. The molecule has 1 N–H and O–H groups in total. The highest BCUT2D eigenvalue weighted by atomic mass is 35.5. The van der Waals surface area contributed by atoms with Crippen LogP contribution in [0.25, 0.3) is 0 Å². The number of aromatic nitrogens is 3.